The number of piperazine rings is 1. The highest BCUT2D eigenvalue weighted by atomic mass is 16.5. The zero-order valence-corrected chi connectivity index (χ0v) is 27.3. The second-order valence-electron chi connectivity index (χ2n) is 11.7. The number of rotatable bonds is 9. The number of carbonyl (C=O) groups excluding carboxylic acids is 1. The van der Waals surface area contributed by atoms with E-state index < -0.39 is 0 Å². The first-order valence-corrected chi connectivity index (χ1v) is 15.6. The van der Waals surface area contributed by atoms with Crippen LogP contribution in [0.1, 0.15) is 30.5 Å². The SMILES string of the molecule is COc1ccc(N2C(=O)N(c3c(C)cccc3C)Cc3cnc(Nc4ccc(N5CCNCC5)cc4OC(C)C)nc32)c(OC)c1. The Bertz CT molecular complexity index is 1720. The van der Waals surface area contributed by atoms with E-state index in [0.717, 1.165) is 59.9 Å². The second-order valence-corrected chi connectivity index (χ2v) is 11.7. The van der Waals surface area contributed by atoms with E-state index in [9.17, 15) is 4.79 Å². The lowest BCUT2D eigenvalue weighted by molar-refractivity contribution is 0.244. The van der Waals surface area contributed by atoms with E-state index >= 15 is 0 Å². The Hall–Kier alpha value is -5.03. The van der Waals surface area contributed by atoms with Gasteiger partial charge in [-0.15, -0.1) is 0 Å². The number of benzene rings is 3. The number of amides is 2. The molecule has 1 fully saturated rings. The number of carbonyl (C=O) groups is 1. The molecule has 4 aromatic rings. The van der Waals surface area contributed by atoms with Gasteiger partial charge in [-0.25, -0.2) is 14.7 Å². The number of nitrogens with one attached hydrogen (secondary N) is 2. The number of nitrogens with zero attached hydrogens (tertiary/aromatic N) is 5. The number of urea groups is 1. The molecule has 0 radical (unpaired) electrons. The van der Waals surface area contributed by atoms with Crippen LogP contribution in [-0.4, -0.2) is 62.5 Å². The molecule has 2 aliphatic rings. The number of anilines is 6. The third-order valence-corrected chi connectivity index (χ3v) is 8.20. The lowest BCUT2D eigenvalue weighted by atomic mass is 10.1. The van der Waals surface area contributed by atoms with Gasteiger partial charge in [-0.05, 0) is 63.1 Å². The van der Waals surface area contributed by atoms with Crippen molar-refractivity contribution in [1.82, 2.24) is 15.3 Å². The highest BCUT2D eigenvalue weighted by molar-refractivity contribution is 6.11. The molecular formula is C35H41N7O4. The van der Waals surface area contributed by atoms with Crippen molar-refractivity contribution >= 4 is 40.5 Å². The van der Waals surface area contributed by atoms with E-state index in [2.05, 4.69) is 27.7 Å². The predicted molar refractivity (Wildman–Crippen MR) is 182 cm³/mol. The van der Waals surface area contributed by atoms with Crippen LogP contribution in [0.25, 0.3) is 0 Å². The summed E-state index contributed by atoms with van der Waals surface area (Å²) >= 11 is 0. The Morgan fingerprint density at radius 3 is 2.39 bits per heavy atom. The van der Waals surface area contributed by atoms with Crippen LogP contribution >= 0.6 is 0 Å². The number of methoxy groups -OCH3 is 2. The molecule has 3 aromatic carbocycles. The van der Waals surface area contributed by atoms with E-state index in [1.165, 1.54) is 0 Å². The molecule has 1 aromatic heterocycles. The highest BCUT2D eigenvalue weighted by Crippen LogP contribution is 2.43. The Kier molecular flexibility index (Phi) is 8.85. The van der Waals surface area contributed by atoms with Gasteiger partial charge in [0, 0.05) is 55.8 Å². The monoisotopic (exact) mass is 623 g/mol. The summed E-state index contributed by atoms with van der Waals surface area (Å²) in [6, 6.07) is 17.3. The molecule has 2 amide bonds. The minimum absolute atomic E-state index is 0.0326. The average molecular weight is 624 g/mol. The van der Waals surface area contributed by atoms with Gasteiger partial charge < -0.3 is 29.7 Å². The zero-order chi connectivity index (χ0) is 32.4. The van der Waals surface area contributed by atoms with Crippen LogP contribution in [-0.2, 0) is 6.54 Å². The highest BCUT2D eigenvalue weighted by Gasteiger charge is 2.37. The lowest BCUT2D eigenvalue weighted by Gasteiger charge is -2.37. The number of aryl methyl sites for hydroxylation is 2. The van der Waals surface area contributed by atoms with Gasteiger partial charge in [0.25, 0.3) is 0 Å². The second kappa shape index (κ2) is 13.1. The van der Waals surface area contributed by atoms with E-state index in [-0.39, 0.29) is 12.1 Å². The van der Waals surface area contributed by atoms with Crippen LogP contribution in [0.15, 0.2) is 60.8 Å². The molecule has 2 aliphatic heterocycles. The normalized spacial score (nSPS) is 14.8. The van der Waals surface area contributed by atoms with Crippen molar-refractivity contribution < 1.29 is 19.0 Å². The summed E-state index contributed by atoms with van der Waals surface area (Å²) in [4.78, 5) is 29.9. The topological polar surface area (TPSA) is 104 Å². The van der Waals surface area contributed by atoms with E-state index in [4.69, 9.17) is 24.2 Å². The van der Waals surface area contributed by atoms with Gasteiger partial charge in [0.05, 0.1) is 43.9 Å². The fraction of sp³-hybridized carbons (Fsp3) is 0.343. The molecule has 0 aliphatic carbocycles. The quantitative estimate of drug-likeness (QED) is 0.221. The average Bonchev–Trinajstić information content (AvgIpc) is 3.06. The maximum absolute atomic E-state index is 14.5. The summed E-state index contributed by atoms with van der Waals surface area (Å²) in [5.41, 5.74) is 6.03. The van der Waals surface area contributed by atoms with Gasteiger partial charge in [-0.2, -0.15) is 4.98 Å². The predicted octanol–water partition coefficient (Wildman–Crippen LogP) is 6.33. The largest absolute Gasteiger partial charge is 0.497 e. The molecule has 0 unspecified atom stereocenters. The molecule has 6 rings (SSSR count). The van der Waals surface area contributed by atoms with Crippen molar-refractivity contribution in [2.45, 2.75) is 40.3 Å². The van der Waals surface area contributed by atoms with Crippen LogP contribution in [0.4, 0.5) is 39.3 Å². The molecular weight excluding hydrogens is 582 g/mol. The molecule has 0 bridgehead atoms. The summed E-state index contributed by atoms with van der Waals surface area (Å²) in [5, 5.41) is 6.77. The fourth-order valence-electron chi connectivity index (χ4n) is 6.01. The van der Waals surface area contributed by atoms with Crippen molar-refractivity contribution in [3.05, 3.63) is 77.5 Å². The summed E-state index contributed by atoms with van der Waals surface area (Å²) in [6.07, 6.45) is 1.74. The van der Waals surface area contributed by atoms with Gasteiger partial charge in [-0.3, -0.25) is 4.90 Å². The van der Waals surface area contributed by atoms with Crippen LogP contribution in [0.3, 0.4) is 0 Å². The van der Waals surface area contributed by atoms with Crippen molar-refractivity contribution in [2.75, 3.05) is 60.4 Å². The van der Waals surface area contributed by atoms with E-state index in [0.29, 0.717) is 41.2 Å². The minimum atomic E-state index is -0.248. The van der Waals surface area contributed by atoms with Crippen molar-refractivity contribution in [3.8, 4) is 17.2 Å². The van der Waals surface area contributed by atoms with Gasteiger partial charge in [0.2, 0.25) is 5.95 Å². The Morgan fingerprint density at radius 2 is 1.70 bits per heavy atom. The van der Waals surface area contributed by atoms with Crippen molar-refractivity contribution in [3.63, 3.8) is 0 Å². The number of hydrogen-bond donors (Lipinski definition) is 2. The van der Waals surface area contributed by atoms with Gasteiger partial charge in [0.1, 0.15) is 17.2 Å². The van der Waals surface area contributed by atoms with E-state index in [1.54, 1.807) is 42.3 Å². The molecule has 0 spiro atoms. The first kappa shape index (κ1) is 31.0. The first-order chi connectivity index (χ1) is 22.3. The van der Waals surface area contributed by atoms with Crippen LogP contribution < -0.4 is 39.5 Å². The lowest BCUT2D eigenvalue weighted by Crippen LogP contribution is -2.46. The molecule has 11 nitrogen and oxygen atoms in total. The van der Waals surface area contributed by atoms with Gasteiger partial charge >= 0.3 is 6.03 Å². The number of ether oxygens (including phenoxy) is 3. The first-order valence-electron chi connectivity index (χ1n) is 15.6. The molecule has 3 heterocycles. The molecule has 46 heavy (non-hydrogen) atoms. The molecule has 1 saturated heterocycles. The van der Waals surface area contributed by atoms with E-state index in [1.807, 2.05) is 58.0 Å². The number of para-hydroxylation sites is 1. The number of aromatic nitrogens is 2. The van der Waals surface area contributed by atoms with Crippen molar-refractivity contribution in [1.29, 1.82) is 0 Å². The smallest absolute Gasteiger partial charge is 0.335 e. The summed E-state index contributed by atoms with van der Waals surface area (Å²) < 4.78 is 17.4. The molecule has 240 valence electrons. The maximum atomic E-state index is 14.5. The van der Waals surface area contributed by atoms with Crippen LogP contribution in [0, 0.1) is 13.8 Å². The zero-order valence-electron chi connectivity index (χ0n) is 27.3. The third-order valence-electron chi connectivity index (χ3n) is 8.20. The number of hydrogen-bond acceptors (Lipinski definition) is 9. The molecule has 11 heteroatoms. The van der Waals surface area contributed by atoms with Gasteiger partial charge in [-0.1, -0.05) is 18.2 Å². The Morgan fingerprint density at radius 1 is 0.935 bits per heavy atom. The minimum Gasteiger partial charge on any atom is -0.497 e. The number of fused-ring (bicyclic) bond motifs is 1. The molecule has 2 N–H and O–H groups in total. The van der Waals surface area contributed by atoms with Gasteiger partial charge in [0.15, 0.2) is 5.82 Å². The Labute approximate surface area is 270 Å². The third kappa shape index (κ3) is 6.10. The molecule has 0 saturated carbocycles. The fourth-order valence-corrected chi connectivity index (χ4v) is 6.01. The molecule has 0 atom stereocenters. The maximum Gasteiger partial charge on any atom is 0.335 e. The Balaban J connectivity index is 1.42. The summed E-state index contributed by atoms with van der Waals surface area (Å²) in [7, 11) is 3.17. The van der Waals surface area contributed by atoms with Crippen molar-refractivity contribution in [2.24, 2.45) is 0 Å². The standard InChI is InChI=1S/C35H41N7O4/c1-22(2)46-30-18-26(40-16-14-36-15-17-40)10-12-28(30)38-34-37-20-25-21-41(32-23(3)8-7-9-24(32)4)35(43)42(33(25)39-34)29-13-11-27(44-5)19-31(29)45-6/h7-13,18-20,22,36H,14-17,21H2,1-6H3,(H,37,38,39). The summed E-state index contributed by atoms with van der Waals surface area (Å²) in [6.45, 7) is 12.1. The summed E-state index contributed by atoms with van der Waals surface area (Å²) in [5.74, 6) is 2.61. The van der Waals surface area contributed by atoms with Crippen LogP contribution in [0.2, 0.25) is 0 Å². The van der Waals surface area contributed by atoms with Crippen LogP contribution in [0.5, 0.6) is 17.2 Å².